The number of aromatic hydroxyl groups is 1. The monoisotopic (exact) mass is 414 g/mol. The van der Waals surface area contributed by atoms with Gasteiger partial charge in [0.25, 0.3) is 0 Å². The van der Waals surface area contributed by atoms with Crippen LogP contribution in [0.15, 0.2) is 42.5 Å². The van der Waals surface area contributed by atoms with Crippen LogP contribution in [0.5, 0.6) is 5.75 Å². The Balaban J connectivity index is 2.61. The van der Waals surface area contributed by atoms with Crippen molar-refractivity contribution in [1.82, 2.24) is 0 Å². The molecular weight excluding hydrogens is 380 g/mol. The highest BCUT2D eigenvalue weighted by Gasteiger charge is 2.29. The number of hydrogen-bond donors (Lipinski definition) is 1. The van der Waals surface area contributed by atoms with Crippen LogP contribution in [0.4, 0.5) is 0 Å². The largest absolute Gasteiger partial charge is 0.507 e. The number of phenolic OH excluding ortho intramolecular Hbond substituents is 1. The van der Waals surface area contributed by atoms with E-state index in [1.54, 1.807) is 11.8 Å². The van der Waals surface area contributed by atoms with Crippen molar-refractivity contribution in [1.29, 1.82) is 0 Å². The van der Waals surface area contributed by atoms with Gasteiger partial charge in [-0.2, -0.15) is 0 Å². The number of carbonyl (C=O) groups excluding carboxylic acids is 1. The lowest BCUT2D eigenvalue weighted by molar-refractivity contribution is -0.139. The van der Waals surface area contributed by atoms with Crippen molar-refractivity contribution >= 4 is 17.7 Å². The second-order valence-corrected chi connectivity index (χ2v) is 10.5. The molecule has 0 spiro atoms. The van der Waals surface area contributed by atoms with Crippen LogP contribution in [-0.2, 0) is 20.4 Å². The molecule has 1 unspecified atom stereocenters. The van der Waals surface area contributed by atoms with Crippen LogP contribution in [0.25, 0.3) is 0 Å². The molecule has 2 aromatic carbocycles. The SMILES string of the molecule is CCOC(=O)CSC(c1ccccc1)c1cc(C(C)(C)C)c(O)c(C(C)(C)C)c1. The van der Waals surface area contributed by atoms with Crippen LogP contribution in [0.3, 0.4) is 0 Å². The van der Waals surface area contributed by atoms with E-state index in [2.05, 4.69) is 65.8 Å². The molecule has 0 aliphatic rings. The van der Waals surface area contributed by atoms with Gasteiger partial charge in [0.15, 0.2) is 0 Å². The van der Waals surface area contributed by atoms with Gasteiger partial charge in [0.05, 0.1) is 17.6 Å². The van der Waals surface area contributed by atoms with Crippen molar-refractivity contribution in [2.45, 2.75) is 64.5 Å². The Hall–Kier alpha value is -1.94. The molecule has 2 aromatic rings. The van der Waals surface area contributed by atoms with E-state index in [1.165, 1.54) is 0 Å². The Morgan fingerprint density at radius 1 is 0.966 bits per heavy atom. The number of carbonyl (C=O) groups is 1. The molecule has 0 heterocycles. The number of benzene rings is 2. The maximum atomic E-state index is 12.0. The molecule has 0 saturated heterocycles. The van der Waals surface area contributed by atoms with Gasteiger partial charge in [-0.25, -0.2) is 0 Å². The molecule has 0 saturated carbocycles. The maximum absolute atomic E-state index is 12.0. The van der Waals surface area contributed by atoms with E-state index in [0.29, 0.717) is 12.4 Å². The Morgan fingerprint density at radius 2 is 1.48 bits per heavy atom. The summed E-state index contributed by atoms with van der Waals surface area (Å²) in [6, 6.07) is 14.4. The van der Waals surface area contributed by atoms with Crippen molar-refractivity contribution in [2.24, 2.45) is 0 Å². The molecule has 0 aromatic heterocycles. The minimum Gasteiger partial charge on any atom is -0.507 e. The molecule has 4 heteroatoms. The summed E-state index contributed by atoms with van der Waals surface area (Å²) in [6.45, 7) is 14.9. The molecule has 0 aliphatic heterocycles. The average molecular weight is 415 g/mol. The van der Waals surface area contributed by atoms with Gasteiger partial charge in [-0.05, 0) is 40.0 Å². The summed E-state index contributed by atoms with van der Waals surface area (Å²) in [5, 5.41) is 11.0. The third-order valence-electron chi connectivity index (χ3n) is 4.83. The first-order valence-electron chi connectivity index (χ1n) is 10.1. The van der Waals surface area contributed by atoms with Crippen LogP contribution < -0.4 is 0 Å². The molecule has 0 amide bonds. The molecule has 0 fully saturated rings. The standard InChI is InChI=1S/C25H34O3S/c1-8-28-21(26)16-29-23(17-12-10-9-11-13-17)18-14-19(24(2,3)4)22(27)20(15-18)25(5,6)7/h9-15,23,27H,8,16H2,1-7H3. The molecule has 3 nitrogen and oxygen atoms in total. The fourth-order valence-electron chi connectivity index (χ4n) is 3.32. The summed E-state index contributed by atoms with van der Waals surface area (Å²) in [6.07, 6.45) is 0. The van der Waals surface area contributed by atoms with E-state index in [-0.39, 0.29) is 27.8 Å². The second-order valence-electron chi connectivity index (χ2n) is 9.37. The van der Waals surface area contributed by atoms with Crippen molar-refractivity contribution in [3.05, 3.63) is 64.7 Å². The zero-order valence-corrected chi connectivity index (χ0v) is 19.5. The third kappa shape index (κ3) is 6.02. The maximum Gasteiger partial charge on any atom is 0.315 e. The fourth-order valence-corrected chi connectivity index (χ4v) is 4.38. The van der Waals surface area contributed by atoms with E-state index in [0.717, 1.165) is 22.3 Å². The van der Waals surface area contributed by atoms with Crippen molar-refractivity contribution in [3.63, 3.8) is 0 Å². The Morgan fingerprint density at radius 3 is 1.93 bits per heavy atom. The molecule has 158 valence electrons. The number of thioether (sulfide) groups is 1. The van der Waals surface area contributed by atoms with Crippen molar-refractivity contribution in [2.75, 3.05) is 12.4 Å². The lowest BCUT2D eigenvalue weighted by atomic mass is 9.78. The van der Waals surface area contributed by atoms with E-state index in [4.69, 9.17) is 4.74 Å². The normalized spacial score (nSPS) is 13.2. The van der Waals surface area contributed by atoms with Crippen LogP contribution in [0.2, 0.25) is 0 Å². The quantitative estimate of drug-likeness (QED) is 0.558. The lowest BCUT2D eigenvalue weighted by Gasteiger charge is -2.30. The zero-order valence-electron chi connectivity index (χ0n) is 18.7. The summed E-state index contributed by atoms with van der Waals surface area (Å²) in [5.41, 5.74) is 3.68. The van der Waals surface area contributed by atoms with E-state index >= 15 is 0 Å². The summed E-state index contributed by atoms with van der Waals surface area (Å²) < 4.78 is 5.14. The number of ether oxygens (including phenoxy) is 1. The zero-order chi connectivity index (χ0) is 21.8. The molecule has 1 N–H and O–H groups in total. The van der Waals surface area contributed by atoms with Gasteiger partial charge in [0, 0.05) is 0 Å². The van der Waals surface area contributed by atoms with Crippen LogP contribution in [-0.4, -0.2) is 23.4 Å². The van der Waals surface area contributed by atoms with E-state index in [9.17, 15) is 9.90 Å². The summed E-state index contributed by atoms with van der Waals surface area (Å²) in [4.78, 5) is 12.0. The van der Waals surface area contributed by atoms with Gasteiger partial charge in [0.2, 0.25) is 0 Å². The Kier molecular flexibility index (Phi) is 7.45. The van der Waals surface area contributed by atoms with Gasteiger partial charge in [-0.1, -0.05) is 84.0 Å². The lowest BCUT2D eigenvalue weighted by Crippen LogP contribution is -2.18. The Bertz CT molecular complexity index is 794. The van der Waals surface area contributed by atoms with Gasteiger partial charge in [0.1, 0.15) is 5.75 Å². The van der Waals surface area contributed by atoms with E-state index in [1.807, 2.05) is 25.1 Å². The number of esters is 1. The highest BCUT2D eigenvalue weighted by Crippen LogP contribution is 2.44. The van der Waals surface area contributed by atoms with Crippen molar-refractivity contribution in [3.8, 4) is 5.75 Å². The second kappa shape index (κ2) is 9.25. The number of hydrogen-bond acceptors (Lipinski definition) is 4. The number of phenols is 1. The first kappa shape index (κ1) is 23.3. The highest BCUT2D eigenvalue weighted by molar-refractivity contribution is 8.00. The third-order valence-corrected chi connectivity index (χ3v) is 6.11. The van der Waals surface area contributed by atoms with Gasteiger partial charge in [-0.3, -0.25) is 4.79 Å². The Labute approximate surface area is 179 Å². The smallest absolute Gasteiger partial charge is 0.315 e. The number of rotatable bonds is 6. The minimum atomic E-state index is -0.204. The van der Waals surface area contributed by atoms with Gasteiger partial charge in [-0.15, -0.1) is 11.8 Å². The minimum absolute atomic E-state index is 0.0246. The highest BCUT2D eigenvalue weighted by atomic mass is 32.2. The first-order valence-corrected chi connectivity index (χ1v) is 11.2. The summed E-state index contributed by atoms with van der Waals surface area (Å²) in [5.74, 6) is 0.449. The van der Waals surface area contributed by atoms with Gasteiger partial charge >= 0.3 is 5.97 Å². The molecule has 1 atom stereocenters. The van der Waals surface area contributed by atoms with Crippen LogP contribution in [0, 0.1) is 0 Å². The molecule has 0 radical (unpaired) electrons. The fraction of sp³-hybridized carbons (Fsp3) is 0.480. The topological polar surface area (TPSA) is 46.5 Å². The van der Waals surface area contributed by atoms with Crippen LogP contribution in [0.1, 0.15) is 76.0 Å². The van der Waals surface area contributed by atoms with E-state index < -0.39 is 0 Å². The predicted octanol–water partition coefficient (Wildman–Crippen LogP) is 6.37. The predicted molar refractivity (Wildman–Crippen MR) is 123 cm³/mol. The van der Waals surface area contributed by atoms with Gasteiger partial charge < -0.3 is 9.84 Å². The van der Waals surface area contributed by atoms with Crippen molar-refractivity contribution < 1.29 is 14.6 Å². The average Bonchev–Trinajstić information content (AvgIpc) is 2.62. The van der Waals surface area contributed by atoms with Crippen LogP contribution >= 0.6 is 11.8 Å². The molecule has 0 bridgehead atoms. The molecule has 29 heavy (non-hydrogen) atoms. The first-order chi connectivity index (χ1) is 13.4. The summed E-state index contributed by atoms with van der Waals surface area (Å²) in [7, 11) is 0. The molecule has 2 rings (SSSR count). The molecule has 0 aliphatic carbocycles. The summed E-state index contributed by atoms with van der Waals surface area (Å²) >= 11 is 1.56. The molecular formula is C25H34O3S.